The second-order valence-electron chi connectivity index (χ2n) is 5.06. The van der Waals surface area contributed by atoms with Crippen molar-refractivity contribution < 1.29 is 14.3 Å². The van der Waals surface area contributed by atoms with Crippen molar-refractivity contribution in [3.05, 3.63) is 0 Å². The molecule has 2 N–H and O–H groups in total. The molecule has 0 aliphatic heterocycles. The highest BCUT2D eigenvalue weighted by Crippen LogP contribution is 2.14. The maximum atomic E-state index is 11.8. The molecule has 0 unspecified atom stereocenters. The van der Waals surface area contributed by atoms with Crippen LogP contribution < -0.4 is 5.73 Å². The quantitative estimate of drug-likeness (QED) is 0.798. The number of hydrogen-bond donors (Lipinski definition) is 1. The summed E-state index contributed by atoms with van der Waals surface area (Å²) in [7, 11) is 0. The first-order chi connectivity index (χ1) is 7.06. The van der Waals surface area contributed by atoms with Crippen molar-refractivity contribution in [2.45, 2.75) is 59.2 Å². The molecule has 5 nitrogen and oxygen atoms in total. The number of carbonyl (C=O) groups is 2. The number of primary amides is 1. The van der Waals surface area contributed by atoms with Gasteiger partial charge in [-0.25, -0.2) is 4.79 Å². The van der Waals surface area contributed by atoms with Crippen LogP contribution in [0, 0.1) is 0 Å². The number of rotatable bonds is 3. The van der Waals surface area contributed by atoms with Gasteiger partial charge in [-0.2, -0.15) is 0 Å². The Labute approximate surface area is 96.9 Å². The lowest BCUT2D eigenvalue weighted by Crippen LogP contribution is -2.51. The molecule has 1 atom stereocenters. The lowest BCUT2D eigenvalue weighted by atomic mass is 10.2. The van der Waals surface area contributed by atoms with Crippen LogP contribution in [0.4, 0.5) is 4.79 Å². The van der Waals surface area contributed by atoms with Gasteiger partial charge < -0.3 is 10.5 Å². The zero-order valence-corrected chi connectivity index (χ0v) is 10.9. The topological polar surface area (TPSA) is 72.6 Å². The van der Waals surface area contributed by atoms with E-state index in [4.69, 9.17) is 10.5 Å². The molecule has 0 heterocycles. The monoisotopic (exact) mass is 230 g/mol. The van der Waals surface area contributed by atoms with E-state index in [1.54, 1.807) is 27.7 Å². The first-order valence-corrected chi connectivity index (χ1v) is 5.37. The fourth-order valence-corrected chi connectivity index (χ4v) is 1.27. The number of ether oxygens (including phenoxy) is 1. The van der Waals surface area contributed by atoms with Gasteiger partial charge in [0.2, 0.25) is 5.91 Å². The number of carbonyl (C=O) groups excluding carboxylic acids is 2. The summed E-state index contributed by atoms with van der Waals surface area (Å²) >= 11 is 0. The third kappa shape index (κ3) is 4.51. The molecule has 0 saturated heterocycles. The van der Waals surface area contributed by atoms with Crippen molar-refractivity contribution in [3.63, 3.8) is 0 Å². The van der Waals surface area contributed by atoms with Crippen molar-refractivity contribution in [1.29, 1.82) is 0 Å². The highest BCUT2D eigenvalue weighted by atomic mass is 16.6. The molecule has 0 aliphatic carbocycles. The summed E-state index contributed by atoms with van der Waals surface area (Å²) in [5.41, 5.74) is 4.61. The van der Waals surface area contributed by atoms with E-state index < -0.39 is 23.6 Å². The molecule has 0 spiro atoms. The van der Waals surface area contributed by atoms with Crippen molar-refractivity contribution in [2.24, 2.45) is 5.73 Å². The van der Waals surface area contributed by atoms with E-state index in [1.807, 2.05) is 13.8 Å². The molecule has 0 aromatic carbocycles. The molecule has 0 aliphatic rings. The van der Waals surface area contributed by atoms with Crippen molar-refractivity contribution >= 4 is 12.0 Å². The second-order valence-corrected chi connectivity index (χ2v) is 5.06. The molecule has 0 bridgehead atoms. The van der Waals surface area contributed by atoms with Crippen LogP contribution in [0.25, 0.3) is 0 Å². The number of nitrogens with zero attached hydrogens (tertiary/aromatic N) is 1. The fourth-order valence-electron chi connectivity index (χ4n) is 1.27. The lowest BCUT2D eigenvalue weighted by Gasteiger charge is -2.33. The molecular weight excluding hydrogens is 208 g/mol. The van der Waals surface area contributed by atoms with Crippen molar-refractivity contribution in [2.75, 3.05) is 0 Å². The summed E-state index contributed by atoms with van der Waals surface area (Å²) in [6, 6.07) is -0.813. The fraction of sp³-hybridized carbons (Fsp3) is 0.818. The molecule has 2 amide bonds. The van der Waals surface area contributed by atoms with Gasteiger partial charge in [-0.05, 0) is 41.5 Å². The first-order valence-electron chi connectivity index (χ1n) is 5.37. The number of amides is 2. The van der Waals surface area contributed by atoms with Crippen LogP contribution >= 0.6 is 0 Å². The van der Waals surface area contributed by atoms with Crippen LogP contribution in [0.15, 0.2) is 0 Å². The summed E-state index contributed by atoms with van der Waals surface area (Å²) in [5.74, 6) is -0.542. The van der Waals surface area contributed by atoms with Gasteiger partial charge in [-0.1, -0.05) is 0 Å². The second kappa shape index (κ2) is 5.18. The Morgan fingerprint density at radius 3 is 1.88 bits per heavy atom. The number of nitrogens with two attached hydrogens (primary N) is 1. The predicted molar refractivity (Wildman–Crippen MR) is 61.9 cm³/mol. The first kappa shape index (κ1) is 14.7. The average Bonchev–Trinajstić information content (AvgIpc) is 1.99. The largest absolute Gasteiger partial charge is 0.444 e. The Hall–Kier alpha value is -1.26. The van der Waals surface area contributed by atoms with Gasteiger partial charge in [-0.3, -0.25) is 9.69 Å². The Kier molecular flexibility index (Phi) is 4.78. The lowest BCUT2D eigenvalue weighted by molar-refractivity contribution is -0.123. The minimum absolute atomic E-state index is 0.141. The summed E-state index contributed by atoms with van der Waals surface area (Å²) in [4.78, 5) is 24.3. The Morgan fingerprint density at radius 1 is 1.19 bits per heavy atom. The van der Waals surface area contributed by atoms with Gasteiger partial charge in [-0.15, -0.1) is 0 Å². The van der Waals surface area contributed by atoms with Crippen molar-refractivity contribution in [3.8, 4) is 0 Å². The molecule has 5 heteroatoms. The third-order valence-electron chi connectivity index (χ3n) is 1.99. The average molecular weight is 230 g/mol. The van der Waals surface area contributed by atoms with E-state index in [-0.39, 0.29) is 6.04 Å². The van der Waals surface area contributed by atoms with Gasteiger partial charge >= 0.3 is 6.09 Å². The maximum Gasteiger partial charge on any atom is 0.411 e. The van der Waals surface area contributed by atoms with Crippen LogP contribution in [-0.4, -0.2) is 34.6 Å². The number of hydrogen-bond acceptors (Lipinski definition) is 3. The van der Waals surface area contributed by atoms with Gasteiger partial charge in [0.1, 0.15) is 11.6 Å². The molecule has 0 saturated carbocycles. The normalized spacial score (nSPS) is 13.4. The molecule has 0 fully saturated rings. The predicted octanol–water partition coefficient (Wildman–Crippen LogP) is 1.51. The minimum Gasteiger partial charge on any atom is -0.444 e. The summed E-state index contributed by atoms with van der Waals surface area (Å²) in [6.07, 6.45) is -0.520. The van der Waals surface area contributed by atoms with Crippen LogP contribution in [-0.2, 0) is 9.53 Å². The SMILES string of the molecule is CC(C)N(C(=O)OC(C)(C)C)[C@H](C)C(N)=O. The van der Waals surface area contributed by atoms with E-state index >= 15 is 0 Å². The molecule has 94 valence electrons. The smallest absolute Gasteiger partial charge is 0.411 e. The van der Waals surface area contributed by atoms with Crippen LogP contribution in [0.1, 0.15) is 41.5 Å². The van der Waals surface area contributed by atoms with E-state index in [0.717, 1.165) is 0 Å². The zero-order chi connectivity index (χ0) is 13.1. The summed E-state index contributed by atoms with van der Waals surface area (Å²) in [5, 5.41) is 0. The Bertz CT molecular complexity index is 269. The molecule has 0 radical (unpaired) electrons. The molecule has 0 aromatic heterocycles. The van der Waals surface area contributed by atoms with E-state index in [2.05, 4.69) is 0 Å². The van der Waals surface area contributed by atoms with Gasteiger partial charge in [0.25, 0.3) is 0 Å². The highest BCUT2D eigenvalue weighted by Gasteiger charge is 2.30. The van der Waals surface area contributed by atoms with Crippen LogP contribution in [0.3, 0.4) is 0 Å². The summed E-state index contributed by atoms with van der Waals surface area (Å²) < 4.78 is 5.21. The Morgan fingerprint density at radius 2 is 1.62 bits per heavy atom. The molecule has 0 aromatic rings. The molecule has 16 heavy (non-hydrogen) atoms. The van der Waals surface area contributed by atoms with E-state index in [9.17, 15) is 9.59 Å². The van der Waals surface area contributed by atoms with E-state index in [1.165, 1.54) is 4.90 Å². The summed E-state index contributed by atoms with van der Waals surface area (Å²) in [6.45, 7) is 10.5. The standard InChI is InChI=1S/C11H22N2O3/c1-7(2)13(8(3)9(12)14)10(15)16-11(4,5)6/h7-8H,1-6H3,(H2,12,14)/t8-/m1/s1. The van der Waals surface area contributed by atoms with Gasteiger partial charge in [0.15, 0.2) is 0 Å². The van der Waals surface area contributed by atoms with Crippen LogP contribution in [0.5, 0.6) is 0 Å². The molecular formula is C11H22N2O3. The minimum atomic E-state index is -0.671. The van der Waals surface area contributed by atoms with Crippen molar-refractivity contribution in [1.82, 2.24) is 4.90 Å². The third-order valence-corrected chi connectivity index (χ3v) is 1.99. The van der Waals surface area contributed by atoms with Gasteiger partial charge in [0.05, 0.1) is 0 Å². The van der Waals surface area contributed by atoms with Crippen LogP contribution in [0.2, 0.25) is 0 Å². The van der Waals surface area contributed by atoms with Gasteiger partial charge in [0, 0.05) is 6.04 Å². The zero-order valence-electron chi connectivity index (χ0n) is 10.9. The molecule has 0 rings (SSSR count). The Balaban J connectivity index is 4.80. The maximum absolute atomic E-state index is 11.8. The van der Waals surface area contributed by atoms with E-state index in [0.29, 0.717) is 0 Å². The highest BCUT2D eigenvalue weighted by molar-refractivity contribution is 5.84.